The molecule has 1 saturated heterocycles. The molecule has 1 aliphatic heterocycles. The molecule has 0 radical (unpaired) electrons. The standard InChI is InChI=1S/C21H20ClNO6/c1-28-10-9-23-18(13-5-8-15(24)16(11-13)29-2)17(20(26)21(23)27)19(25)12-3-6-14(22)7-4-12/h3-8,11,18,24-25H,9-10H2,1-2H3/b19-17+. The van der Waals surface area contributed by atoms with E-state index in [4.69, 9.17) is 21.1 Å². The largest absolute Gasteiger partial charge is 0.507 e. The third-order valence-electron chi connectivity index (χ3n) is 4.71. The molecular weight excluding hydrogens is 398 g/mol. The van der Waals surface area contributed by atoms with E-state index in [-0.39, 0.29) is 36.0 Å². The van der Waals surface area contributed by atoms with Crippen molar-refractivity contribution in [1.82, 2.24) is 4.90 Å². The molecule has 1 amide bonds. The Balaban J connectivity index is 2.18. The number of hydrogen-bond donors (Lipinski definition) is 2. The van der Waals surface area contributed by atoms with Gasteiger partial charge in [0, 0.05) is 24.2 Å². The number of ether oxygens (including phenoxy) is 2. The zero-order valence-electron chi connectivity index (χ0n) is 15.9. The number of Topliss-reactive ketones (excluding diaryl/α,β-unsaturated/α-hetero) is 1. The number of ketones is 1. The minimum Gasteiger partial charge on any atom is -0.507 e. The molecule has 1 aliphatic rings. The molecule has 0 bridgehead atoms. The molecule has 1 unspecified atom stereocenters. The minimum absolute atomic E-state index is 0.0545. The summed E-state index contributed by atoms with van der Waals surface area (Å²) in [6.45, 7) is 0.353. The van der Waals surface area contributed by atoms with E-state index in [0.29, 0.717) is 16.1 Å². The first kappa shape index (κ1) is 20.7. The number of likely N-dealkylation sites (tertiary alicyclic amines) is 1. The number of halogens is 1. The van der Waals surface area contributed by atoms with Gasteiger partial charge in [-0.25, -0.2) is 0 Å². The maximum atomic E-state index is 12.8. The van der Waals surface area contributed by atoms with Gasteiger partial charge < -0.3 is 24.6 Å². The second-order valence-corrected chi connectivity index (χ2v) is 6.86. The van der Waals surface area contributed by atoms with Crippen LogP contribution in [0.1, 0.15) is 17.2 Å². The Hall–Kier alpha value is -3.03. The van der Waals surface area contributed by atoms with Crippen LogP contribution in [0.3, 0.4) is 0 Å². The molecule has 0 aromatic heterocycles. The van der Waals surface area contributed by atoms with Crippen molar-refractivity contribution < 1.29 is 29.3 Å². The molecule has 29 heavy (non-hydrogen) atoms. The summed E-state index contributed by atoms with van der Waals surface area (Å²) in [6, 6.07) is 9.93. The van der Waals surface area contributed by atoms with Crippen molar-refractivity contribution in [2.24, 2.45) is 0 Å². The van der Waals surface area contributed by atoms with Crippen LogP contribution in [-0.4, -0.2) is 54.2 Å². The van der Waals surface area contributed by atoms with E-state index in [2.05, 4.69) is 0 Å². The highest BCUT2D eigenvalue weighted by molar-refractivity contribution is 6.46. The lowest BCUT2D eigenvalue weighted by Crippen LogP contribution is -2.32. The molecule has 0 saturated carbocycles. The molecule has 152 valence electrons. The number of phenols is 1. The maximum absolute atomic E-state index is 12.8. The molecule has 0 aliphatic carbocycles. The monoisotopic (exact) mass is 417 g/mol. The number of amides is 1. The van der Waals surface area contributed by atoms with Gasteiger partial charge in [0.25, 0.3) is 11.7 Å². The van der Waals surface area contributed by atoms with Crippen LogP contribution in [0.15, 0.2) is 48.0 Å². The summed E-state index contributed by atoms with van der Waals surface area (Å²) in [6.07, 6.45) is 0. The van der Waals surface area contributed by atoms with Crippen LogP contribution in [0.5, 0.6) is 11.5 Å². The first-order chi connectivity index (χ1) is 13.9. The zero-order valence-corrected chi connectivity index (χ0v) is 16.6. The molecule has 2 N–H and O–H groups in total. The normalized spacial score (nSPS) is 18.3. The van der Waals surface area contributed by atoms with Gasteiger partial charge in [-0.3, -0.25) is 9.59 Å². The van der Waals surface area contributed by atoms with Crippen molar-refractivity contribution in [2.45, 2.75) is 6.04 Å². The summed E-state index contributed by atoms with van der Waals surface area (Å²) in [4.78, 5) is 26.8. The van der Waals surface area contributed by atoms with Gasteiger partial charge in [0.1, 0.15) is 5.76 Å². The van der Waals surface area contributed by atoms with E-state index >= 15 is 0 Å². The van der Waals surface area contributed by atoms with Gasteiger partial charge in [-0.2, -0.15) is 0 Å². The van der Waals surface area contributed by atoms with E-state index < -0.39 is 17.7 Å². The van der Waals surface area contributed by atoms with Crippen molar-refractivity contribution in [3.8, 4) is 11.5 Å². The predicted molar refractivity (Wildman–Crippen MR) is 107 cm³/mol. The first-order valence-corrected chi connectivity index (χ1v) is 9.17. The van der Waals surface area contributed by atoms with E-state index in [1.165, 1.54) is 31.3 Å². The Kier molecular flexibility index (Phi) is 6.10. The fraction of sp³-hybridized carbons (Fsp3) is 0.238. The highest BCUT2D eigenvalue weighted by atomic mass is 35.5. The van der Waals surface area contributed by atoms with Gasteiger partial charge in [-0.1, -0.05) is 17.7 Å². The number of carbonyl (C=O) groups is 2. The average Bonchev–Trinajstić information content (AvgIpc) is 2.97. The molecule has 1 fully saturated rings. The third kappa shape index (κ3) is 3.92. The lowest BCUT2D eigenvalue weighted by molar-refractivity contribution is -0.140. The van der Waals surface area contributed by atoms with Gasteiger partial charge in [-0.15, -0.1) is 0 Å². The number of benzene rings is 2. The fourth-order valence-corrected chi connectivity index (χ4v) is 3.40. The second kappa shape index (κ2) is 8.55. The maximum Gasteiger partial charge on any atom is 0.295 e. The van der Waals surface area contributed by atoms with Gasteiger partial charge in [0.15, 0.2) is 11.5 Å². The first-order valence-electron chi connectivity index (χ1n) is 8.79. The molecule has 0 spiro atoms. The number of aliphatic hydroxyl groups excluding tert-OH is 1. The minimum atomic E-state index is -0.865. The van der Waals surface area contributed by atoms with Crippen LogP contribution in [0.25, 0.3) is 5.76 Å². The van der Waals surface area contributed by atoms with E-state index in [1.807, 2.05) is 0 Å². The molecule has 1 atom stereocenters. The number of aromatic hydroxyl groups is 1. The Morgan fingerprint density at radius 3 is 2.45 bits per heavy atom. The van der Waals surface area contributed by atoms with Crippen molar-refractivity contribution in [3.05, 3.63) is 64.2 Å². The van der Waals surface area contributed by atoms with Crippen LogP contribution in [-0.2, 0) is 14.3 Å². The third-order valence-corrected chi connectivity index (χ3v) is 4.97. The number of aliphatic hydroxyl groups is 1. The highest BCUT2D eigenvalue weighted by Crippen LogP contribution is 2.41. The number of rotatable bonds is 6. The van der Waals surface area contributed by atoms with E-state index in [9.17, 15) is 19.8 Å². The van der Waals surface area contributed by atoms with Crippen LogP contribution in [0.2, 0.25) is 5.02 Å². The summed E-state index contributed by atoms with van der Waals surface area (Å²) < 4.78 is 10.2. The lowest BCUT2D eigenvalue weighted by atomic mass is 9.95. The smallest absolute Gasteiger partial charge is 0.295 e. The van der Waals surface area contributed by atoms with Crippen LogP contribution >= 0.6 is 11.6 Å². The van der Waals surface area contributed by atoms with Crippen molar-refractivity contribution in [3.63, 3.8) is 0 Å². The predicted octanol–water partition coefficient (Wildman–Crippen LogP) is 3.12. The summed E-state index contributed by atoms with van der Waals surface area (Å²) in [5.74, 6) is -1.74. The fourth-order valence-electron chi connectivity index (χ4n) is 3.27. The van der Waals surface area contributed by atoms with Crippen molar-refractivity contribution in [1.29, 1.82) is 0 Å². The molecule has 7 nitrogen and oxygen atoms in total. The molecule has 2 aromatic rings. The van der Waals surface area contributed by atoms with Crippen LogP contribution < -0.4 is 4.74 Å². The quantitative estimate of drug-likeness (QED) is 0.426. The molecule has 2 aromatic carbocycles. The number of hydrogen-bond acceptors (Lipinski definition) is 6. The van der Waals surface area contributed by atoms with E-state index in [1.54, 1.807) is 30.3 Å². The average molecular weight is 418 g/mol. The van der Waals surface area contributed by atoms with Gasteiger partial charge >= 0.3 is 0 Å². The number of carbonyl (C=O) groups excluding carboxylic acids is 2. The van der Waals surface area contributed by atoms with Crippen LogP contribution in [0, 0.1) is 0 Å². The molecule has 3 rings (SSSR count). The Morgan fingerprint density at radius 2 is 1.83 bits per heavy atom. The Labute approximate surface area is 172 Å². The summed E-state index contributed by atoms with van der Waals surface area (Å²) in [5.41, 5.74) is 0.807. The summed E-state index contributed by atoms with van der Waals surface area (Å²) in [7, 11) is 2.89. The van der Waals surface area contributed by atoms with Crippen molar-refractivity contribution >= 4 is 29.1 Å². The van der Waals surface area contributed by atoms with Gasteiger partial charge in [0.2, 0.25) is 0 Å². The molecular formula is C21H20ClNO6. The zero-order chi connectivity index (χ0) is 21.1. The lowest BCUT2D eigenvalue weighted by Gasteiger charge is -2.25. The SMILES string of the molecule is COCCN1C(=O)C(=O)/C(=C(/O)c2ccc(Cl)cc2)C1c1ccc(O)c(OC)c1. The van der Waals surface area contributed by atoms with Gasteiger partial charge in [0.05, 0.1) is 25.3 Å². The Morgan fingerprint density at radius 1 is 1.14 bits per heavy atom. The highest BCUT2D eigenvalue weighted by Gasteiger charge is 2.46. The number of nitrogens with zero attached hydrogens (tertiary/aromatic N) is 1. The summed E-state index contributed by atoms with van der Waals surface area (Å²) >= 11 is 5.90. The van der Waals surface area contributed by atoms with E-state index in [0.717, 1.165) is 0 Å². The Bertz CT molecular complexity index is 970. The van der Waals surface area contributed by atoms with Crippen molar-refractivity contribution in [2.75, 3.05) is 27.4 Å². The molecule has 8 heteroatoms. The molecule has 1 heterocycles. The number of phenolic OH excluding ortho intramolecular Hbond substituents is 1. The summed E-state index contributed by atoms with van der Waals surface area (Å²) in [5, 5.41) is 21.3. The van der Waals surface area contributed by atoms with Crippen LogP contribution in [0.4, 0.5) is 0 Å². The van der Waals surface area contributed by atoms with Gasteiger partial charge in [-0.05, 0) is 42.0 Å². The second-order valence-electron chi connectivity index (χ2n) is 6.42. The number of methoxy groups -OCH3 is 2. The topological polar surface area (TPSA) is 96.3 Å².